The molecular weight excluding hydrogens is 114 g/mol. The fourth-order valence-electron chi connectivity index (χ4n) is 0.757. The van der Waals surface area contributed by atoms with Crippen LogP contribution in [-0.4, -0.2) is 4.98 Å². The summed E-state index contributed by atoms with van der Waals surface area (Å²) in [5, 5.41) is 0. The Morgan fingerprint density at radius 2 is 2.22 bits per heavy atom. The molecule has 0 aliphatic heterocycles. The highest BCUT2D eigenvalue weighted by atomic mass is 16.3. The van der Waals surface area contributed by atoms with Crippen LogP contribution < -0.4 is 0 Å². The van der Waals surface area contributed by atoms with Gasteiger partial charge in [0.1, 0.15) is 6.39 Å². The predicted molar refractivity (Wildman–Crippen MR) is 32.8 cm³/mol. The summed E-state index contributed by atoms with van der Waals surface area (Å²) in [6.07, 6.45) is 2.41. The Hall–Kier alpha value is -1.31. The maximum absolute atomic E-state index is 4.88. The maximum Gasteiger partial charge on any atom is 0.103 e. The first-order valence-electron chi connectivity index (χ1n) is 2.68. The zero-order valence-corrected chi connectivity index (χ0v) is 4.66. The Bertz CT molecular complexity index is 283. The van der Waals surface area contributed by atoms with E-state index in [4.69, 9.17) is 4.42 Å². The van der Waals surface area contributed by atoms with Crippen LogP contribution in [0.4, 0.5) is 0 Å². The smallest absolute Gasteiger partial charge is 0.103 e. The zero-order chi connectivity index (χ0) is 6.10. The molecule has 0 N–H and O–H groups in total. The SMILES string of the molecule is [c-]1nc2ccccc2o1. The van der Waals surface area contributed by atoms with Gasteiger partial charge in [-0.05, 0) is 11.1 Å². The summed E-state index contributed by atoms with van der Waals surface area (Å²) in [5.74, 6) is 0. The molecule has 0 aliphatic carbocycles. The van der Waals surface area contributed by atoms with Gasteiger partial charge in [0.25, 0.3) is 0 Å². The highest BCUT2D eigenvalue weighted by Gasteiger charge is 1.79. The lowest BCUT2D eigenvalue weighted by molar-refractivity contribution is 0.591. The van der Waals surface area contributed by atoms with E-state index in [-0.39, 0.29) is 0 Å². The van der Waals surface area contributed by atoms with Crippen molar-refractivity contribution in [2.24, 2.45) is 0 Å². The first-order valence-corrected chi connectivity index (χ1v) is 2.68. The van der Waals surface area contributed by atoms with Crippen molar-refractivity contribution < 1.29 is 4.42 Å². The molecule has 2 aromatic rings. The van der Waals surface area contributed by atoms with E-state index in [1.165, 1.54) is 0 Å². The van der Waals surface area contributed by atoms with E-state index in [0.717, 1.165) is 11.1 Å². The number of fused-ring (bicyclic) bond motifs is 1. The van der Waals surface area contributed by atoms with Crippen molar-refractivity contribution in [3.63, 3.8) is 0 Å². The Kier molecular flexibility index (Phi) is 0.803. The molecule has 44 valence electrons. The molecule has 2 nitrogen and oxygen atoms in total. The fraction of sp³-hybridized carbons (Fsp3) is 0. The summed E-state index contributed by atoms with van der Waals surface area (Å²) >= 11 is 0. The van der Waals surface area contributed by atoms with E-state index in [1.807, 2.05) is 24.3 Å². The van der Waals surface area contributed by atoms with Gasteiger partial charge in [0.15, 0.2) is 0 Å². The van der Waals surface area contributed by atoms with Crippen LogP contribution in [0.2, 0.25) is 0 Å². The summed E-state index contributed by atoms with van der Waals surface area (Å²) in [6.45, 7) is 0. The van der Waals surface area contributed by atoms with Crippen molar-refractivity contribution in [3.05, 3.63) is 30.7 Å². The quantitative estimate of drug-likeness (QED) is 0.491. The van der Waals surface area contributed by atoms with Crippen LogP contribution in [0.3, 0.4) is 0 Å². The summed E-state index contributed by atoms with van der Waals surface area (Å²) < 4.78 is 4.88. The van der Waals surface area contributed by atoms with E-state index in [2.05, 4.69) is 11.4 Å². The fourth-order valence-corrected chi connectivity index (χ4v) is 0.757. The largest absolute Gasteiger partial charge is 0.573 e. The van der Waals surface area contributed by atoms with Crippen LogP contribution in [0, 0.1) is 6.39 Å². The number of para-hydroxylation sites is 2. The highest BCUT2D eigenvalue weighted by Crippen LogP contribution is 2.08. The third kappa shape index (κ3) is 0.598. The Morgan fingerprint density at radius 3 is 3.11 bits per heavy atom. The minimum atomic E-state index is 0.789. The normalized spacial score (nSPS) is 10.2. The average Bonchev–Trinajstić information content (AvgIpc) is 2.33. The topological polar surface area (TPSA) is 26.0 Å². The molecule has 0 atom stereocenters. The maximum atomic E-state index is 4.88. The van der Waals surface area contributed by atoms with Crippen molar-refractivity contribution in [2.75, 3.05) is 0 Å². The van der Waals surface area contributed by atoms with Crippen LogP contribution in [0.1, 0.15) is 0 Å². The summed E-state index contributed by atoms with van der Waals surface area (Å²) in [6, 6.07) is 7.56. The van der Waals surface area contributed by atoms with Crippen LogP contribution in [0.15, 0.2) is 28.7 Å². The molecule has 1 aromatic carbocycles. The number of hydrogen-bond donors (Lipinski definition) is 0. The number of rotatable bonds is 0. The van der Waals surface area contributed by atoms with Crippen LogP contribution in [0.25, 0.3) is 11.1 Å². The van der Waals surface area contributed by atoms with Gasteiger partial charge in [-0.3, -0.25) is 0 Å². The van der Waals surface area contributed by atoms with Gasteiger partial charge in [-0.2, -0.15) is 0 Å². The predicted octanol–water partition coefficient (Wildman–Crippen LogP) is 1.63. The molecule has 0 spiro atoms. The monoisotopic (exact) mass is 118 g/mol. The van der Waals surface area contributed by atoms with Crippen molar-refractivity contribution in [1.82, 2.24) is 4.98 Å². The second-order valence-electron chi connectivity index (χ2n) is 1.77. The summed E-state index contributed by atoms with van der Waals surface area (Å²) in [7, 11) is 0. The highest BCUT2D eigenvalue weighted by molar-refractivity contribution is 5.71. The molecular formula is C7H4NO-. The molecule has 0 amide bonds. The number of nitrogens with zero attached hydrogens (tertiary/aromatic N) is 1. The van der Waals surface area contributed by atoms with Crippen LogP contribution in [-0.2, 0) is 0 Å². The average molecular weight is 118 g/mol. The van der Waals surface area contributed by atoms with E-state index in [1.54, 1.807) is 0 Å². The van der Waals surface area contributed by atoms with E-state index >= 15 is 0 Å². The molecule has 1 heterocycles. The number of aromatic nitrogens is 1. The summed E-state index contributed by atoms with van der Waals surface area (Å²) in [4.78, 5) is 3.83. The number of oxazole rings is 1. The molecule has 2 rings (SSSR count). The van der Waals surface area contributed by atoms with Crippen molar-refractivity contribution >= 4 is 11.1 Å². The Balaban J connectivity index is 2.95. The van der Waals surface area contributed by atoms with Crippen LogP contribution >= 0.6 is 0 Å². The Morgan fingerprint density at radius 1 is 1.33 bits per heavy atom. The molecule has 0 fully saturated rings. The molecule has 9 heavy (non-hydrogen) atoms. The molecule has 0 unspecified atom stereocenters. The second-order valence-corrected chi connectivity index (χ2v) is 1.77. The van der Waals surface area contributed by atoms with Gasteiger partial charge in [0.2, 0.25) is 0 Å². The lowest BCUT2D eigenvalue weighted by Gasteiger charge is -1.90. The Labute approximate surface area is 52.1 Å². The van der Waals surface area contributed by atoms with Crippen molar-refractivity contribution in [1.29, 1.82) is 0 Å². The van der Waals surface area contributed by atoms with E-state index in [0.29, 0.717) is 0 Å². The van der Waals surface area contributed by atoms with Gasteiger partial charge in [0, 0.05) is 0 Å². The van der Waals surface area contributed by atoms with E-state index < -0.39 is 0 Å². The third-order valence-electron chi connectivity index (χ3n) is 1.19. The minimum absolute atomic E-state index is 0.789. The lowest BCUT2D eigenvalue weighted by Crippen LogP contribution is -1.61. The lowest BCUT2D eigenvalue weighted by atomic mass is 10.3. The van der Waals surface area contributed by atoms with Crippen molar-refractivity contribution in [3.8, 4) is 0 Å². The van der Waals surface area contributed by atoms with Gasteiger partial charge < -0.3 is 9.40 Å². The second kappa shape index (κ2) is 1.58. The molecule has 0 radical (unpaired) electrons. The first-order chi connectivity index (χ1) is 4.47. The minimum Gasteiger partial charge on any atom is -0.573 e. The molecule has 2 heteroatoms. The van der Waals surface area contributed by atoms with Gasteiger partial charge in [-0.1, -0.05) is 18.2 Å². The van der Waals surface area contributed by atoms with E-state index in [9.17, 15) is 0 Å². The number of hydrogen-bond acceptors (Lipinski definition) is 2. The zero-order valence-electron chi connectivity index (χ0n) is 4.66. The van der Waals surface area contributed by atoms with Gasteiger partial charge in [-0.15, -0.1) is 6.07 Å². The number of benzene rings is 1. The molecule has 0 aliphatic rings. The molecule has 0 saturated heterocycles. The first kappa shape index (κ1) is 4.56. The molecule has 1 aromatic heterocycles. The standard InChI is InChI=1S/C7H4NO/c1-2-4-7-6(3-1)8-5-9-7/h1-4H/q-1. The van der Waals surface area contributed by atoms with Gasteiger partial charge >= 0.3 is 0 Å². The van der Waals surface area contributed by atoms with Gasteiger partial charge in [0.05, 0.1) is 0 Å². The van der Waals surface area contributed by atoms with Crippen LogP contribution in [0.5, 0.6) is 0 Å². The summed E-state index contributed by atoms with van der Waals surface area (Å²) in [5.41, 5.74) is 1.65. The molecule has 0 saturated carbocycles. The van der Waals surface area contributed by atoms with Gasteiger partial charge in [-0.25, -0.2) is 0 Å². The molecule has 0 bridgehead atoms. The van der Waals surface area contributed by atoms with Crippen molar-refractivity contribution in [2.45, 2.75) is 0 Å². The third-order valence-corrected chi connectivity index (χ3v) is 1.19.